The standard InChI is InChI=1S/C21H27FN2O4/c1-21(2,3)28-20(26)24(4)11-10-19(15-8-6-5-7-9-15)27-16-12-17(22)18(14-25)23-13-16/h5-9,12-13,19,25H,10-11,14H2,1-4H3/t19-/m0/s1. The lowest BCUT2D eigenvalue weighted by Gasteiger charge is -2.26. The van der Waals surface area contributed by atoms with E-state index >= 15 is 0 Å². The number of ether oxygens (including phenoxy) is 2. The fraction of sp³-hybridized carbons (Fsp3) is 0.429. The minimum atomic E-state index is -0.627. The van der Waals surface area contributed by atoms with Gasteiger partial charge in [0.15, 0.2) is 5.82 Å². The Bertz CT molecular complexity index is 778. The number of halogens is 1. The number of pyridine rings is 1. The first-order chi connectivity index (χ1) is 13.2. The number of hydrogen-bond acceptors (Lipinski definition) is 5. The molecule has 7 heteroatoms. The van der Waals surface area contributed by atoms with Crippen LogP contribution in [0.15, 0.2) is 42.6 Å². The molecule has 28 heavy (non-hydrogen) atoms. The topological polar surface area (TPSA) is 71.9 Å². The van der Waals surface area contributed by atoms with Gasteiger partial charge in [0, 0.05) is 26.1 Å². The quantitative estimate of drug-likeness (QED) is 0.771. The van der Waals surface area contributed by atoms with E-state index in [0.29, 0.717) is 13.0 Å². The van der Waals surface area contributed by atoms with Crippen molar-refractivity contribution in [1.29, 1.82) is 0 Å². The van der Waals surface area contributed by atoms with Crippen molar-refractivity contribution in [1.82, 2.24) is 9.88 Å². The average molecular weight is 390 g/mol. The van der Waals surface area contributed by atoms with E-state index in [0.717, 1.165) is 5.56 Å². The number of aliphatic hydroxyl groups excluding tert-OH is 1. The van der Waals surface area contributed by atoms with Crippen LogP contribution in [0.5, 0.6) is 5.75 Å². The first-order valence-electron chi connectivity index (χ1n) is 9.10. The highest BCUT2D eigenvalue weighted by molar-refractivity contribution is 5.67. The van der Waals surface area contributed by atoms with Crippen molar-refractivity contribution in [3.8, 4) is 5.75 Å². The first kappa shape index (κ1) is 21.6. The van der Waals surface area contributed by atoms with Crippen molar-refractivity contribution in [3.63, 3.8) is 0 Å². The van der Waals surface area contributed by atoms with Gasteiger partial charge in [0.2, 0.25) is 0 Å². The Morgan fingerprint density at radius 2 is 1.96 bits per heavy atom. The average Bonchev–Trinajstić information content (AvgIpc) is 2.64. The molecule has 6 nitrogen and oxygen atoms in total. The number of aliphatic hydroxyl groups is 1. The van der Waals surface area contributed by atoms with Crippen molar-refractivity contribution in [3.05, 3.63) is 59.7 Å². The lowest BCUT2D eigenvalue weighted by molar-refractivity contribution is 0.0278. The fourth-order valence-electron chi connectivity index (χ4n) is 2.50. The molecule has 0 unspecified atom stereocenters. The van der Waals surface area contributed by atoms with Crippen molar-refractivity contribution < 1.29 is 23.8 Å². The highest BCUT2D eigenvalue weighted by atomic mass is 19.1. The molecule has 0 bridgehead atoms. The molecule has 1 aromatic heterocycles. The van der Waals surface area contributed by atoms with Gasteiger partial charge in [-0.25, -0.2) is 9.18 Å². The monoisotopic (exact) mass is 390 g/mol. The van der Waals surface area contributed by atoms with Gasteiger partial charge in [0.05, 0.1) is 12.8 Å². The van der Waals surface area contributed by atoms with Crippen LogP contribution in [0.3, 0.4) is 0 Å². The van der Waals surface area contributed by atoms with Crippen LogP contribution in [0.2, 0.25) is 0 Å². The molecule has 1 amide bonds. The van der Waals surface area contributed by atoms with Crippen LogP contribution in [-0.2, 0) is 11.3 Å². The summed E-state index contributed by atoms with van der Waals surface area (Å²) in [6, 6.07) is 10.7. The van der Waals surface area contributed by atoms with Crippen LogP contribution in [0.25, 0.3) is 0 Å². The molecule has 0 aliphatic heterocycles. The summed E-state index contributed by atoms with van der Waals surface area (Å²) in [6.07, 6.45) is 1.03. The third-order valence-corrected chi connectivity index (χ3v) is 3.92. The van der Waals surface area contributed by atoms with E-state index in [4.69, 9.17) is 14.6 Å². The van der Waals surface area contributed by atoms with Gasteiger partial charge in [-0.05, 0) is 26.3 Å². The number of carbonyl (C=O) groups is 1. The van der Waals surface area contributed by atoms with Gasteiger partial charge in [0.25, 0.3) is 0 Å². The molecule has 0 radical (unpaired) electrons. The summed E-state index contributed by atoms with van der Waals surface area (Å²) in [4.78, 5) is 17.5. The lowest BCUT2D eigenvalue weighted by Crippen LogP contribution is -2.35. The Morgan fingerprint density at radius 1 is 1.29 bits per heavy atom. The third kappa shape index (κ3) is 6.49. The summed E-state index contributed by atoms with van der Waals surface area (Å²) >= 11 is 0. The molecule has 2 aromatic rings. The van der Waals surface area contributed by atoms with Crippen molar-refractivity contribution in [2.45, 2.75) is 45.5 Å². The molecule has 1 aromatic carbocycles. The Kier molecular flexibility index (Phi) is 7.34. The Morgan fingerprint density at radius 3 is 2.54 bits per heavy atom. The number of hydrogen-bond donors (Lipinski definition) is 1. The van der Waals surface area contributed by atoms with E-state index in [-0.39, 0.29) is 11.4 Å². The van der Waals surface area contributed by atoms with Crippen molar-refractivity contribution in [2.24, 2.45) is 0 Å². The summed E-state index contributed by atoms with van der Waals surface area (Å²) < 4.78 is 25.2. The maximum absolute atomic E-state index is 13.9. The molecular formula is C21H27FN2O4. The molecule has 152 valence electrons. The van der Waals surface area contributed by atoms with Crippen LogP contribution in [0.4, 0.5) is 9.18 Å². The largest absolute Gasteiger partial charge is 0.484 e. The van der Waals surface area contributed by atoms with Gasteiger partial charge >= 0.3 is 6.09 Å². The molecule has 0 saturated heterocycles. The van der Waals surface area contributed by atoms with Gasteiger partial charge in [0.1, 0.15) is 23.1 Å². The summed E-state index contributed by atoms with van der Waals surface area (Å²) in [5.74, 6) is -0.374. The maximum atomic E-state index is 13.9. The number of benzene rings is 1. The first-order valence-corrected chi connectivity index (χ1v) is 9.10. The summed E-state index contributed by atoms with van der Waals surface area (Å²) in [5.41, 5.74) is 0.290. The Labute approximate surface area is 164 Å². The van der Waals surface area contributed by atoms with Gasteiger partial charge in [-0.15, -0.1) is 0 Å². The zero-order chi connectivity index (χ0) is 20.7. The van der Waals surface area contributed by atoms with Crippen molar-refractivity contribution in [2.75, 3.05) is 13.6 Å². The normalized spacial score (nSPS) is 12.4. The van der Waals surface area contributed by atoms with Gasteiger partial charge in [-0.1, -0.05) is 30.3 Å². The minimum Gasteiger partial charge on any atom is -0.484 e. The summed E-state index contributed by atoms with van der Waals surface area (Å²) in [5, 5.41) is 9.05. The Balaban J connectivity index is 2.10. The molecule has 0 spiro atoms. The van der Waals surface area contributed by atoms with Crippen LogP contribution in [-0.4, -0.2) is 40.3 Å². The molecule has 0 saturated carbocycles. The van der Waals surface area contributed by atoms with E-state index < -0.39 is 30.2 Å². The van der Waals surface area contributed by atoms with E-state index in [1.165, 1.54) is 17.2 Å². The van der Waals surface area contributed by atoms with Gasteiger partial charge < -0.3 is 19.5 Å². The van der Waals surface area contributed by atoms with Crippen LogP contribution < -0.4 is 4.74 Å². The lowest BCUT2D eigenvalue weighted by atomic mass is 10.1. The number of carbonyl (C=O) groups excluding carboxylic acids is 1. The van der Waals surface area contributed by atoms with E-state index in [2.05, 4.69) is 4.98 Å². The second kappa shape index (κ2) is 9.50. The van der Waals surface area contributed by atoms with E-state index in [1.54, 1.807) is 7.05 Å². The number of nitrogens with zero attached hydrogens (tertiary/aromatic N) is 2. The molecule has 1 heterocycles. The molecule has 0 aliphatic rings. The number of amides is 1. The van der Waals surface area contributed by atoms with Gasteiger partial charge in [-0.2, -0.15) is 0 Å². The maximum Gasteiger partial charge on any atom is 0.410 e. The predicted molar refractivity (Wildman–Crippen MR) is 103 cm³/mol. The van der Waals surface area contributed by atoms with Crippen LogP contribution in [0, 0.1) is 5.82 Å². The zero-order valence-electron chi connectivity index (χ0n) is 16.7. The minimum absolute atomic E-state index is 0.0340. The third-order valence-electron chi connectivity index (χ3n) is 3.92. The zero-order valence-corrected chi connectivity index (χ0v) is 16.7. The van der Waals surface area contributed by atoms with Crippen LogP contribution in [0.1, 0.15) is 44.6 Å². The second-order valence-corrected chi connectivity index (χ2v) is 7.47. The van der Waals surface area contributed by atoms with Crippen LogP contribution >= 0.6 is 0 Å². The molecular weight excluding hydrogens is 363 g/mol. The fourth-order valence-corrected chi connectivity index (χ4v) is 2.50. The highest BCUT2D eigenvalue weighted by Gasteiger charge is 2.22. The summed E-state index contributed by atoms with van der Waals surface area (Å²) in [7, 11) is 1.66. The number of rotatable bonds is 7. The molecule has 2 rings (SSSR count). The molecule has 0 aliphatic carbocycles. The van der Waals surface area contributed by atoms with Crippen molar-refractivity contribution >= 4 is 6.09 Å². The Hall–Kier alpha value is -2.67. The van der Waals surface area contributed by atoms with E-state index in [9.17, 15) is 9.18 Å². The van der Waals surface area contributed by atoms with E-state index in [1.807, 2.05) is 51.1 Å². The smallest absolute Gasteiger partial charge is 0.410 e. The molecule has 1 atom stereocenters. The molecule has 0 fully saturated rings. The second-order valence-electron chi connectivity index (χ2n) is 7.47. The van der Waals surface area contributed by atoms with Gasteiger partial charge in [-0.3, -0.25) is 4.98 Å². The summed E-state index contributed by atoms with van der Waals surface area (Å²) in [6.45, 7) is 5.35. The molecule has 1 N–H and O–H groups in total. The SMILES string of the molecule is CN(CC[C@H](Oc1cnc(CO)c(F)c1)c1ccccc1)C(=O)OC(C)(C)C. The predicted octanol–water partition coefficient (Wildman–Crippen LogP) is 4.09. The number of aromatic nitrogens is 1. The highest BCUT2D eigenvalue weighted by Crippen LogP contribution is 2.26.